The van der Waals surface area contributed by atoms with Gasteiger partial charge in [-0.2, -0.15) is 8.61 Å². The van der Waals surface area contributed by atoms with Gasteiger partial charge < -0.3 is 4.74 Å². The highest BCUT2D eigenvalue weighted by Crippen LogP contribution is 2.38. The second-order valence-corrected chi connectivity index (χ2v) is 16.9. The van der Waals surface area contributed by atoms with Crippen molar-refractivity contribution in [3.05, 3.63) is 167 Å². The fourth-order valence-electron chi connectivity index (χ4n) is 6.40. The second-order valence-electron chi connectivity index (χ2n) is 13.1. The Bertz CT molecular complexity index is 2290. The second kappa shape index (κ2) is 17.2. The summed E-state index contributed by atoms with van der Waals surface area (Å²) in [6, 6.07) is 24.3. The first kappa shape index (κ1) is 40.4. The lowest BCUT2D eigenvalue weighted by atomic mass is 9.96. The molecule has 2 unspecified atom stereocenters. The number of benzene rings is 4. The van der Waals surface area contributed by atoms with Crippen LogP contribution in [-0.2, 0) is 29.6 Å². The molecule has 12 heteroatoms. The summed E-state index contributed by atoms with van der Waals surface area (Å²) in [6.45, 7) is 11.4. The highest BCUT2D eigenvalue weighted by atomic mass is 32.2. The third-order valence-electron chi connectivity index (χ3n) is 9.44. The van der Waals surface area contributed by atoms with Crippen LogP contribution in [0.2, 0.25) is 0 Å². The summed E-state index contributed by atoms with van der Waals surface area (Å²) >= 11 is 0. The minimum atomic E-state index is -3.89. The van der Waals surface area contributed by atoms with Crippen LogP contribution in [0.4, 0.5) is 8.78 Å². The average Bonchev–Trinajstić information content (AvgIpc) is 3.15. The fourth-order valence-corrected chi connectivity index (χ4v) is 9.59. The van der Waals surface area contributed by atoms with Crippen molar-refractivity contribution in [1.82, 2.24) is 8.61 Å². The van der Waals surface area contributed by atoms with Gasteiger partial charge in [-0.15, -0.1) is 0 Å². The van der Waals surface area contributed by atoms with Gasteiger partial charge in [-0.05, 0) is 76.9 Å². The maximum atomic E-state index is 14.5. The summed E-state index contributed by atoms with van der Waals surface area (Å²) in [4.78, 5) is 12.1. The molecule has 2 aliphatic heterocycles. The summed E-state index contributed by atoms with van der Waals surface area (Å²) in [6.07, 6.45) is 4.19. The molecule has 2 atom stereocenters. The van der Waals surface area contributed by atoms with E-state index < -0.39 is 43.8 Å². The third kappa shape index (κ3) is 8.95. The van der Waals surface area contributed by atoms with E-state index in [1.165, 1.54) is 39.8 Å². The monoisotopic (exact) mass is 774 g/mol. The van der Waals surface area contributed by atoms with E-state index in [1.807, 2.05) is 26.8 Å². The Labute approximate surface area is 317 Å². The molecule has 0 saturated carbocycles. The van der Waals surface area contributed by atoms with E-state index in [9.17, 15) is 30.4 Å². The Balaban J connectivity index is 0.000000208. The number of rotatable bonds is 10. The van der Waals surface area contributed by atoms with Crippen molar-refractivity contribution in [3.8, 4) is 0 Å². The quantitative estimate of drug-likeness (QED) is 0.150. The minimum absolute atomic E-state index is 0.0649. The van der Waals surface area contributed by atoms with Crippen LogP contribution in [0.3, 0.4) is 0 Å². The minimum Gasteiger partial charge on any atom is -0.494 e. The zero-order valence-corrected chi connectivity index (χ0v) is 32.3. The van der Waals surface area contributed by atoms with Gasteiger partial charge in [0, 0.05) is 35.4 Å². The maximum absolute atomic E-state index is 14.5. The Morgan fingerprint density at radius 1 is 0.685 bits per heavy atom. The van der Waals surface area contributed by atoms with Gasteiger partial charge in [0.15, 0.2) is 5.78 Å². The molecule has 0 spiro atoms. The first-order valence-electron chi connectivity index (χ1n) is 17.5. The molecule has 0 aliphatic carbocycles. The molecular formula is C42H44F2N2O6S2. The van der Waals surface area contributed by atoms with Gasteiger partial charge >= 0.3 is 0 Å². The summed E-state index contributed by atoms with van der Waals surface area (Å²) < 4.78 is 90.2. The molecule has 284 valence electrons. The molecule has 0 bridgehead atoms. The zero-order valence-electron chi connectivity index (χ0n) is 30.7. The van der Waals surface area contributed by atoms with Gasteiger partial charge in [0.05, 0.1) is 28.5 Å². The van der Waals surface area contributed by atoms with Gasteiger partial charge in [0.25, 0.3) is 0 Å². The lowest BCUT2D eigenvalue weighted by molar-refractivity contribution is -0.113. The van der Waals surface area contributed by atoms with Crippen molar-refractivity contribution >= 4 is 25.8 Å². The van der Waals surface area contributed by atoms with Crippen molar-refractivity contribution in [2.45, 2.75) is 62.4 Å². The number of sulfonamides is 2. The third-order valence-corrected chi connectivity index (χ3v) is 13.2. The molecule has 4 aromatic rings. The molecule has 0 aromatic heterocycles. The average molecular weight is 775 g/mol. The molecule has 2 heterocycles. The lowest BCUT2D eigenvalue weighted by Gasteiger charge is -2.35. The SMILES string of the molecule is C=C(OCC)C1=CCC(c2ccccc2F)N(S(=O)(=O)c2ccc(C)cc2)C1.CC(=O)C1=CCC(c2ccccc2F)N(S(=O)(=O)c2ccc(C)cc2)C1. The summed E-state index contributed by atoms with van der Waals surface area (Å²) in [5.41, 5.74) is 3.70. The number of halogens is 2. The molecule has 6 rings (SSSR count). The first-order valence-corrected chi connectivity index (χ1v) is 20.4. The van der Waals surface area contributed by atoms with Crippen molar-refractivity contribution in [2.75, 3.05) is 19.7 Å². The van der Waals surface area contributed by atoms with Crippen LogP contribution in [0.5, 0.6) is 0 Å². The number of Topliss-reactive ketones (excluding diaryl/α,β-unsaturated/α-hetero) is 1. The van der Waals surface area contributed by atoms with Gasteiger partial charge in [-0.3, -0.25) is 4.79 Å². The molecule has 0 radical (unpaired) electrons. The standard InChI is InChI=1S/C22H24FNO3S.C20H20FNO3S/c1-4-27-17(3)18-11-14-22(20-7-5-6-8-21(20)23)24(15-18)28(25,26)19-12-9-16(2)10-13-19;1-14-7-10-17(11-8-14)26(24,25)22-13-16(15(2)23)9-12-20(22)18-5-3-4-6-19(18)21/h5-13,22H,3-4,14-15H2,1-2H3;3-11,20H,12-13H2,1-2H3. The van der Waals surface area contributed by atoms with E-state index in [0.717, 1.165) is 11.1 Å². The van der Waals surface area contributed by atoms with Crippen LogP contribution in [0.1, 0.15) is 61.0 Å². The van der Waals surface area contributed by atoms with E-state index in [2.05, 4.69) is 6.58 Å². The molecule has 0 N–H and O–H groups in total. The molecule has 8 nitrogen and oxygen atoms in total. The highest BCUT2D eigenvalue weighted by Gasteiger charge is 2.38. The van der Waals surface area contributed by atoms with E-state index in [0.29, 0.717) is 41.1 Å². The van der Waals surface area contributed by atoms with Crippen molar-refractivity contribution in [2.24, 2.45) is 0 Å². The number of ether oxygens (including phenoxy) is 1. The van der Waals surface area contributed by atoms with Crippen LogP contribution >= 0.6 is 0 Å². The van der Waals surface area contributed by atoms with E-state index >= 15 is 0 Å². The molecule has 0 amide bonds. The number of aryl methyl sites for hydroxylation is 2. The number of nitrogens with zero attached hydrogens (tertiary/aromatic N) is 2. The Morgan fingerprint density at radius 2 is 1.07 bits per heavy atom. The normalized spacial score (nSPS) is 18.1. The summed E-state index contributed by atoms with van der Waals surface area (Å²) in [5.74, 6) is -0.613. The van der Waals surface area contributed by atoms with Crippen molar-refractivity contribution in [1.29, 1.82) is 0 Å². The van der Waals surface area contributed by atoms with Crippen LogP contribution in [0.15, 0.2) is 142 Å². The van der Waals surface area contributed by atoms with Crippen LogP contribution in [0, 0.1) is 25.5 Å². The van der Waals surface area contributed by atoms with E-state index in [1.54, 1.807) is 78.9 Å². The Morgan fingerprint density at radius 3 is 1.46 bits per heavy atom. The van der Waals surface area contributed by atoms with Crippen LogP contribution in [-0.4, -0.2) is 50.9 Å². The smallest absolute Gasteiger partial charge is 0.243 e. The van der Waals surface area contributed by atoms with Crippen LogP contribution < -0.4 is 0 Å². The number of carbonyl (C=O) groups excluding carboxylic acids is 1. The molecule has 0 fully saturated rings. The van der Waals surface area contributed by atoms with Gasteiger partial charge in [-0.1, -0.05) is 90.5 Å². The molecule has 54 heavy (non-hydrogen) atoms. The number of carbonyl (C=O) groups is 1. The number of hydrogen-bond donors (Lipinski definition) is 0. The lowest BCUT2D eigenvalue weighted by Crippen LogP contribution is -2.40. The molecule has 2 aliphatic rings. The highest BCUT2D eigenvalue weighted by molar-refractivity contribution is 7.89. The topological polar surface area (TPSA) is 101 Å². The maximum Gasteiger partial charge on any atom is 0.243 e. The van der Waals surface area contributed by atoms with E-state index in [-0.39, 0.29) is 35.1 Å². The predicted molar refractivity (Wildman–Crippen MR) is 205 cm³/mol. The number of hydrogen-bond acceptors (Lipinski definition) is 6. The fraction of sp³-hybridized carbons (Fsp3) is 0.262. The molecule has 0 saturated heterocycles. The van der Waals surface area contributed by atoms with Crippen LogP contribution in [0.25, 0.3) is 0 Å². The van der Waals surface area contributed by atoms with Crippen molar-refractivity contribution < 1.29 is 35.1 Å². The summed E-state index contributed by atoms with van der Waals surface area (Å²) in [7, 11) is -7.73. The van der Waals surface area contributed by atoms with Gasteiger partial charge in [0.2, 0.25) is 20.0 Å². The number of ketones is 1. The zero-order chi connectivity index (χ0) is 39.2. The Kier molecular flexibility index (Phi) is 12.8. The Hall–Kier alpha value is -4.75. The first-order chi connectivity index (χ1) is 25.6. The molecular weight excluding hydrogens is 731 g/mol. The van der Waals surface area contributed by atoms with E-state index in [4.69, 9.17) is 4.74 Å². The summed E-state index contributed by atoms with van der Waals surface area (Å²) in [5, 5.41) is 0. The molecule has 4 aromatic carbocycles. The van der Waals surface area contributed by atoms with Gasteiger partial charge in [-0.25, -0.2) is 25.6 Å². The van der Waals surface area contributed by atoms with Gasteiger partial charge in [0.1, 0.15) is 17.4 Å². The van der Waals surface area contributed by atoms with Crippen molar-refractivity contribution in [3.63, 3.8) is 0 Å². The largest absolute Gasteiger partial charge is 0.494 e. The predicted octanol–water partition coefficient (Wildman–Crippen LogP) is 8.53.